The standard InChI is InChI=1S/C21H24O/c1-5-15(2)17(4)21-13-20(7-6-16(21)3)12-18-8-10-19(14-22)11-9-18/h6-11,13-14H,5,12H2,1-4H3/b17-15-. The molecule has 114 valence electrons. The molecule has 1 heteroatoms. The Bertz CT molecular complexity index is 690. The summed E-state index contributed by atoms with van der Waals surface area (Å²) in [5, 5.41) is 0. The maximum atomic E-state index is 10.7. The van der Waals surface area contributed by atoms with Gasteiger partial charge in [-0.15, -0.1) is 0 Å². The number of carbonyl (C=O) groups is 1. The van der Waals surface area contributed by atoms with Crippen LogP contribution in [0.3, 0.4) is 0 Å². The Morgan fingerprint density at radius 2 is 1.64 bits per heavy atom. The highest BCUT2D eigenvalue weighted by Crippen LogP contribution is 2.25. The van der Waals surface area contributed by atoms with Crippen LogP contribution < -0.4 is 0 Å². The fourth-order valence-corrected chi connectivity index (χ4v) is 2.63. The van der Waals surface area contributed by atoms with Gasteiger partial charge >= 0.3 is 0 Å². The molecule has 0 spiro atoms. The van der Waals surface area contributed by atoms with Crippen LogP contribution in [0.25, 0.3) is 5.57 Å². The molecule has 0 aliphatic carbocycles. The lowest BCUT2D eigenvalue weighted by molar-refractivity contribution is 0.112. The van der Waals surface area contributed by atoms with Gasteiger partial charge in [0.1, 0.15) is 6.29 Å². The average Bonchev–Trinajstić information content (AvgIpc) is 2.56. The number of benzene rings is 2. The van der Waals surface area contributed by atoms with Crippen LogP contribution >= 0.6 is 0 Å². The Morgan fingerprint density at radius 1 is 1.00 bits per heavy atom. The van der Waals surface area contributed by atoms with Gasteiger partial charge < -0.3 is 0 Å². The molecule has 2 rings (SSSR count). The van der Waals surface area contributed by atoms with Crippen molar-refractivity contribution in [3.05, 3.63) is 75.9 Å². The molecule has 1 nitrogen and oxygen atoms in total. The average molecular weight is 292 g/mol. The highest BCUT2D eigenvalue weighted by molar-refractivity contribution is 5.74. The first-order valence-corrected chi connectivity index (χ1v) is 7.85. The summed E-state index contributed by atoms with van der Waals surface area (Å²) >= 11 is 0. The molecular weight excluding hydrogens is 268 g/mol. The van der Waals surface area contributed by atoms with E-state index >= 15 is 0 Å². The lowest BCUT2D eigenvalue weighted by Crippen LogP contribution is -1.94. The maximum absolute atomic E-state index is 10.7. The van der Waals surface area contributed by atoms with Crippen LogP contribution in [0.5, 0.6) is 0 Å². The van der Waals surface area contributed by atoms with Gasteiger partial charge in [-0.3, -0.25) is 4.79 Å². The van der Waals surface area contributed by atoms with Crippen molar-refractivity contribution in [1.82, 2.24) is 0 Å². The summed E-state index contributed by atoms with van der Waals surface area (Å²) in [7, 11) is 0. The first-order valence-electron chi connectivity index (χ1n) is 7.85. The molecule has 0 atom stereocenters. The second-order valence-corrected chi connectivity index (χ2v) is 5.94. The molecule has 0 fully saturated rings. The minimum Gasteiger partial charge on any atom is -0.298 e. The molecule has 0 heterocycles. The molecule has 0 unspecified atom stereocenters. The monoisotopic (exact) mass is 292 g/mol. The van der Waals surface area contributed by atoms with Gasteiger partial charge in [0, 0.05) is 5.56 Å². The van der Waals surface area contributed by atoms with Crippen LogP contribution in [0, 0.1) is 6.92 Å². The number of allylic oxidation sites excluding steroid dienone is 2. The van der Waals surface area contributed by atoms with Gasteiger partial charge in [0.15, 0.2) is 0 Å². The summed E-state index contributed by atoms with van der Waals surface area (Å²) in [5.41, 5.74) is 8.77. The summed E-state index contributed by atoms with van der Waals surface area (Å²) in [6.45, 7) is 8.79. The van der Waals surface area contributed by atoms with Gasteiger partial charge in [0.05, 0.1) is 0 Å². The third-order valence-electron chi connectivity index (χ3n) is 4.40. The van der Waals surface area contributed by atoms with Gasteiger partial charge in [-0.1, -0.05) is 55.0 Å². The number of aldehydes is 1. The Hall–Kier alpha value is -2.15. The summed E-state index contributed by atoms with van der Waals surface area (Å²) in [5.74, 6) is 0. The van der Waals surface area contributed by atoms with Crippen molar-refractivity contribution in [2.24, 2.45) is 0 Å². The van der Waals surface area contributed by atoms with Gasteiger partial charge in [0.2, 0.25) is 0 Å². The second kappa shape index (κ2) is 7.22. The van der Waals surface area contributed by atoms with Gasteiger partial charge in [-0.2, -0.15) is 0 Å². The molecule has 2 aromatic carbocycles. The van der Waals surface area contributed by atoms with E-state index in [1.54, 1.807) is 0 Å². The Balaban J connectivity index is 2.31. The number of rotatable bonds is 5. The number of hydrogen-bond donors (Lipinski definition) is 0. The first-order chi connectivity index (χ1) is 10.5. The topological polar surface area (TPSA) is 17.1 Å². The van der Waals surface area contributed by atoms with Crippen molar-refractivity contribution < 1.29 is 4.79 Å². The van der Waals surface area contributed by atoms with Crippen molar-refractivity contribution in [1.29, 1.82) is 0 Å². The fourth-order valence-electron chi connectivity index (χ4n) is 2.63. The van der Waals surface area contributed by atoms with Crippen LogP contribution in [0.1, 0.15) is 59.8 Å². The molecule has 0 amide bonds. The van der Waals surface area contributed by atoms with Gasteiger partial charge in [-0.25, -0.2) is 0 Å². The van der Waals surface area contributed by atoms with Gasteiger partial charge in [0.25, 0.3) is 0 Å². The minimum atomic E-state index is 0.727. The summed E-state index contributed by atoms with van der Waals surface area (Å²) in [4.78, 5) is 10.7. The predicted octanol–water partition coefficient (Wildman–Crippen LogP) is 5.60. The molecule has 0 bridgehead atoms. The molecule has 0 aromatic heterocycles. The van der Waals surface area contributed by atoms with Crippen molar-refractivity contribution in [3.8, 4) is 0 Å². The summed E-state index contributed by atoms with van der Waals surface area (Å²) < 4.78 is 0. The maximum Gasteiger partial charge on any atom is 0.150 e. The second-order valence-electron chi connectivity index (χ2n) is 5.94. The molecule has 22 heavy (non-hydrogen) atoms. The largest absolute Gasteiger partial charge is 0.298 e. The van der Waals surface area contributed by atoms with E-state index < -0.39 is 0 Å². The number of carbonyl (C=O) groups excluding carboxylic acids is 1. The van der Waals surface area contributed by atoms with Crippen LogP contribution in [-0.2, 0) is 6.42 Å². The summed E-state index contributed by atoms with van der Waals surface area (Å²) in [6, 6.07) is 14.5. The zero-order valence-electron chi connectivity index (χ0n) is 13.9. The third-order valence-corrected chi connectivity index (χ3v) is 4.40. The quantitative estimate of drug-likeness (QED) is 0.655. The van der Waals surface area contributed by atoms with Gasteiger partial charge in [-0.05, 0) is 61.4 Å². The molecule has 0 aliphatic heterocycles. The number of aryl methyl sites for hydroxylation is 1. The Morgan fingerprint density at radius 3 is 2.23 bits per heavy atom. The highest BCUT2D eigenvalue weighted by Gasteiger charge is 2.06. The molecule has 0 aliphatic rings. The van der Waals surface area contributed by atoms with E-state index in [4.69, 9.17) is 0 Å². The first kappa shape index (κ1) is 16.2. The van der Waals surface area contributed by atoms with E-state index in [0.717, 1.165) is 24.7 Å². The molecule has 0 saturated heterocycles. The normalized spacial score (nSPS) is 12.0. The van der Waals surface area contributed by atoms with E-state index in [0.29, 0.717) is 0 Å². The Labute approximate surface area is 133 Å². The third kappa shape index (κ3) is 3.73. The molecule has 0 saturated carbocycles. The van der Waals surface area contributed by atoms with Crippen molar-refractivity contribution in [3.63, 3.8) is 0 Å². The highest BCUT2D eigenvalue weighted by atomic mass is 16.1. The lowest BCUT2D eigenvalue weighted by atomic mass is 9.93. The van der Waals surface area contributed by atoms with Crippen LogP contribution in [0.4, 0.5) is 0 Å². The number of hydrogen-bond acceptors (Lipinski definition) is 1. The van der Waals surface area contributed by atoms with E-state index in [-0.39, 0.29) is 0 Å². The van der Waals surface area contributed by atoms with Crippen molar-refractivity contribution in [2.75, 3.05) is 0 Å². The van der Waals surface area contributed by atoms with E-state index in [2.05, 4.69) is 45.9 Å². The van der Waals surface area contributed by atoms with Crippen molar-refractivity contribution in [2.45, 2.75) is 40.5 Å². The van der Waals surface area contributed by atoms with Crippen molar-refractivity contribution >= 4 is 11.9 Å². The molecule has 2 aromatic rings. The fraction of sp³-hybridized carbons (Fsp3) is 0.286. The van der Waals surface area contributed by atoms with Crippen LogP contribution in [0.2, 0.25) is 0 Å². The zero-order chi connectivity index (χ0) is 16.1. The minimum absolute atomic E-state index is 0.727. The molecule has 0 radical (unpaired) electrons. The van der Waals surface area contributed by atoms with E-state index in [9.17, 15) is 4.79 Å². The molecular formula is C21H24O. The zero-order valence-corrected chi connectivity index (χ0v) is 13.9. The smallest absolute Gasteiger partial charge is 0.150 e. The molecule has 0 N–H and O–H groups in total. The summed E-state index contributed by atoms with van der Waals surface area (Å²) in [6.07, 6.45) is 2.86. The van der Waals surface area contributed by atoms with Crippen LogP contribution in [-0.4, -0.2) is 6.29 Å². The Kier molecular flexibility index (Phi) is 5.32. The predicted molar refractivity (Wildman–Crippen MR) is 94.4 cm³/mol. The van der Waals surface area contributed by atoms with E-state index in [1.165, 1.54) is 33.4 Å². The van der Waals surface area contributed by atoms with E-state index in [1.807, 2.05) is 24.3 Å². The lowest BCUT2D eigenvalue weighted by Gasteiger charge is -2.12. The SMILES string of the molecule is CC/C(C)=C(/C)c1cc(Cc2ccc(C=O)cc2)ccc1C. The van der Waals surface area contributed by atoms with Crippen LogP contribution in [0.15, 0.2) is 48.0 Å².